The first-order valence-corrected chi connectivity index (χ1v) is 8.85. The number of hydrogen-bond donors (Lipinski definition) is 1. The van der Waals surface area contributed by atoms with Crippen LogP contribution in [0, 0.1) is 0 Å². The molecule has 0 aliphatic heterocycles. The van der Waals surface area contributed by atoms with Crippen molar-refractivity contribution in [1.29, 1.82) is 0 Å². The van der Waals surface area contributed by atoms with Gasteiger partial charge in [-0.05, 0) is 30.3 Å². The maximum Gasteiger partial charge on any atom is 0.328 e. The van der Waals surface area contributed by atoms with E-state index in [9.17, 15) is 9.59 Å². The van der Waals surface area contributed by atoms with E-state index in [0.29, 0.717) is 11.3 Å². The van der Waals surface area contributed by atoms with Crippen molar-refractivity contribution in [3.8, 4) is 0 Å². The highest BCUT2D eigenvalue weighted by Crippen LogP contribution is 2.14. The quantitative estimate of drug-likeness (QED) is 0.651. The van der Waals surface area contributed by atoms with Gasteiger partial charge in [-0.25, -0.2) is 4.79 Å². The third kappa shape index (κ3) is 4.26. The molecule has 0 fully saturated rings. The van der Waals surface area contributed by atoms with Crippen LogP contribution in [0.4, 0.5) is 0 Å². The molecular weight excluding hydrogens is 396 g/mol. The second-order valence-corrected chi connectivity index (χ2v) is 6.67. The lowest BCUT2D eigenvalue weighted by molar-refractivity contribution is -0.142. The van der Waals surface area contributed by atoms with E-state index < -0.39 is 12.0 Å². The first-order valence-electron chi connectivity index (χ1n) is 8.06. The van der Waals surface area contributed by atoms with Crippen molar-refractivity contribution in [3.63, 3.8) is 0 Å². The van der Waals surface area contributed by atoms with Gasteiger partial charge in [-0.2, -0.15) is 0 Å². The maximum atomic E-state index is 12.5. The second-order valence-electron chi connectivity index (χ2n) is 5.76. The molecule has 132 valence electrons. The van der Waals surface area contributed by atoms with Crippen LogP contribution in [0.2, 0.25) is 0 Å². The average Bonchev–Trinajstić information content (AvgIpc) is 2.66. The zero-order chi connectivity index (χ0) is 18.5. The number of hydrogen-bond acceptors (Lipinski definition) is 4. The SMILES string of the molecule is COC(=O)[C@@H](Cc1ccc2ccccc2n1)NC(=O)c1cccc(Br)c1. The van der Waals surface area contributed by atoms with Gasteiger partial charge in [0.05, 0.1) is 12.6 Å². The van der Waals surface area contributed by atoms with Crippen LogP contribution in [0.3, 0.4) is 0 Å². The lowest BCUT2D eigenvalue weighted by Gasteiger charge is -2.16. The van der Waals surface area contributed by atoms with E-state index in [0.717, 1.165) is 15.4 Å². The zero-order valence-corrected chi connectivity index (χ0v) is 15.7. The van der Waals surface area contributed by atoms with E-state index in [2.05, 4.69) is 26.2 Å². The molecular formula is C20H17BrN2O3. The summed E-state index contributed by atoms with van der Waals surface area (Å²) >= 11 is 3.33. The molecule has 0 saturated heterocycles. The monoisotopic (exact) mass is 412 g/mol. The van der Waals surface area contributed by atoms with Crippen LogP contribution in [-0.2, 0) is 16.0 Å². The summed E-state index contributed by atoms with van der Waals surface area (Å²) in [6.07, 6.45) is 0.247. The van der Waals surface area contributed by atoms with Crippen LogP contribution in [0.1, 0.15) is 16.1 Å². The Hall–Kier alpha value is -2.73. The molecule has 6 heteroatoms. The number of methoxy groups -OCH3 is 1. The summed E-state index contributed by atoms with van der Waals surface area (Å²) in [7, 11) is 1.30. The van der Waals surface area contributed by atoms with Crippen molar-refractivity contribution >= 4 is 38.7 Å². The number of rotatable bonds is 5. The number of esters is 1. The Balaban J connectivity index is 1.81. The van der Waals surface area contributed by atoms with Crippen molar-refractivity contribution in [3.05, 3.63) is 76.4 Å². The van der Waals surface area contributed by atoms with E-state index in [-0.39, 0.29) is 12.3 Å². The van der Waals surface area contributed by atoms with Gasteiger partial charge in [0.15, 0.2) is 0 Å². The minimum Gasteiger partial charge on any atom is -0.467 e. The summed E-state index contributed by atoms with van der Waals surface area (Å²) < 4.78 is 5.63. The van der Waals surface area contributed by atoms with Gasteiger partial charge in [-0.3, -0.25) is 9.78 Å². The Kier molecular flexibility index (Phi) is 5.63. The smallest absolute Gasteiger partial charge is 0.328 e. The highest BCUT2D eigenvalue weighted by atomic mass is 79.9. The van der Waals surface area contributed by atoms with Crippen LogP contribution >= 0.6 is 15.9 Å². The Morgan fingerprint density at radius 2 is 1.92 bits per heavy atom. The molecule has 5 nitrogen and oxygen atoms in total. The molecule has 26 heavy (non-hydrogen) atoms. The Morgan fingerprint density at radius 3 is 2.69 bits per heavy atom. The summed E-state index contributed by atoms with van der Waals surface area (Å²) in [6, 6.07) is 17.7. The van der Waals surface area contributed by atoms with Gasteiger partial charge >= 0.3 is 5.97 Å². The lowest BCUT2D eigenvalue weighted by Crippen LogP contribution is -2.43. The number of aromatic nitrogens is 1. The van der Waals surface area contributed by atoms with Crippen LogP contribution in [0.5, 0.6) is 0 Å². The Labute approximate surface area is 159 Å². The Bertz CT molecular complexity index is 958. The van der Waals surface area contributed by atoms with E-state index in [1.54, 1.807) is 18.2 Å². The molecule has 0 aliphatic carbocycles. The molecule has 2 aromatic carbocycles. The summed E-state index contributed by atoms with van der Waals surface area (Å²) in [5.41, 5.74) is 2.00. The highest BCUT2D eigenvalue weighted by molar-refractivity contribution is 9.10. The second kappa shape index (κ2) is 8.10. The fourth-order valence-corrected chi connectivity index (χ4v) is 3.04. The van der Waals surface area contributed by atoms with E-state index in [1.807, 2.05) is 42.5 Å². The molecule has 1 atom stereocenters. The summed E-state index contributed by atoms with van der Waals surface area (Å²) in [5.74, 6) is -0.856. The molecule has 3 rings (SSSR count). The molecule has 1 heterocycles. The number of pyridine rings is 1. The topological polar surface area (TPSA) is 68.3 Å². The molecule has 0 unspecified atom stereocenters. The minimum atomic E-state index is -0.819. The number of amides is 1. The van der Waals surface area contributed by atoms with Gasteiger partial charge < -0.3 is 10.1 Å². The number of ether oxygens (including phenoxy) is 1. The van der Waals surface area contributed by atoms with Crippen molar-refractivity contribution in [2.45, 2.75) is 12.5 Å². The van der Waals surface area contributed by atoms with Crippen molar-refractivity contribution in [1.82, 2.24) is 10.3 Å². The summed E-state index contributed by atoms with van der Waals surface area (Å²) in [6.45, 7) is 0. The Morgan fingerprint density at radius 1 is 1.12 bits per heavy atom. The molecule has 3 aromatic rings. The number of halogens is 1. The molecule has 0 aliphatic rings. The largest absolute Gasteiger partial charge is 0.467 e. The third-order valence-electron chi connectivity index (χ3n) is 3.95. The van der Waals surface area contributed by atoms with Crippen molar-refractivity contribution in [2.75, 3.05) is 7.11 Å². The molecule has 0 radical (unpaired) electrons. The van der Waals surface area contributed by atoms with Crippen molar-refractivity contribution in [2.24, 2.45) is 0 Å². The summed E-state index contributed by atoms with van der Waals surface area (Å²) in [5, 5.41) is 3.75. The number of fused-ring (bicyclic) bond motifs is 1. The predicted molar refractivity (Wildman–Crippen MR) is 103 cm³/mol. The molecule has 1 N–H and O–H groups in total. The highest BCUT2D eigenvalue weighted by Gasteiger charge is 2.23. The average molecular weight is 413 g/mol. The molecule has 0 saturated carbocycles. The van der Waals surface area contributed by atoms with Crippen LogP contribution in [-0.4, -0.2) is 30.0 Å². The van der Waals surface area contributed by atoms with Gasteiger partial charge in [0.1, 0.15) is 6.04 Å². The third-order valence-corrected chi connectivity index (χ3v) is 4.44. The number of nitrogens with one attached hydrogen (secondary N) is 1. The minimum absolute atomic E-state index is 0.247. The van der Waals surface area contributed by atoms with Crippen LogP contribution in [0.25, 0.3) is 10.9 Å². The predicted octanol–water partition coefficient (Wildman–Crippen LogP) is 3.51. The van der Waals surface area contributed by atoms with Gasteiger partial charge in [-0.1, -0.05) is 46.3 Å². The first-order chi connectivity index (χ1) is 12.6. The number of para-hydroxylation sites is 1. The number of nitrogens with zero attached hydrogens (tertiary/aromatic N) is 1. The standard InChI is InChI=1S/C20H17BrN2O3/c1-26-20(25)18(23-19(24)14-6-4-7-15(21)11-14)12-16-10-9-13-5-2-3-8-17(13)22-16/h2-11,18H,12H2,1H3,(H,23,24)/t18-/m1/s1. The summed E-state index contributed by atoms with van der Waals surface area (Å²) in [4.78, 5) is 29.2. The van der Waals surface area contributed by atoms with Gasteiger partial charge in [0.2, 0.25) is 0 Å². The number of carbonyl (C=O) groups is 2. The fourth-order valence-electron chi connectivity index (χ4n) is 2.64. The number of benzene rings is 2. The van der Waals surface area contributed by atoms with E-state index in [4.69, 9.17) is 4.74 Å². The number of carbonyl (C=O) groups excluding carboxylic acids is 2. The normalized spacial score (nSPS) is 11.8. The molecule has 0 spiro atoms. The van der Waals surface area contributed by atoms with Crippen LogP contribution in [0.15, 0.2) is 65.1 Å². The van der Waals surface area contributed by atoms with Crippen LogP contribution < -0.4 is 5.32 Å². The van der Waals surface area contributed by atoms with E-state index in [1.165, 1.54) is 7.11 Å². The molecule has 1 aromatic heterocycles. The first kappa shape index (κ1) is 18.1. The molecule has 0 bridgehead atoms. The maximum absolute atomic E-state index is 12.5. The fraction of sp³-hybridized carbons (Fsp3) is 0.150. The van der Waals surface area contributed by atoms with E-state index >= 15 is 0 Å². The van der Waals surface area contributed by atoms with Gasteiger partial charge in [0, 0.05) is 27.5 Å². The lowest BCUT2D eigenvalue weighted by atomic mass is 10.1. The molecule has 1 amide bonds. The van der Waals surface area contributed by atoms with Gasteiger partial charge in [0.25, 0.3) is 5.91 Å². The van der Waals surface area contributed by atoms with Gasteiger partial charge in [-0.15, -0.1) is 0 Å². The van der Waals surface area contributed by atoms with Crippen molar-refractivity contribution < 1.29 is 14.3 Å². The zero-order valence-electron chi connectivity index (χ0n) is 14.1.